The molecule has 1 N–H and O–H groups in total. The molecule has 0 saturated heterocycles. The maximum absolute atomic E-state index is 11.8. The summed E-state index contributed by atoms with van der Waals surface area (Å²) in [6.45, 7) is 0.374. The molecule has 92 valence electrons. The van der Waals surface area contributed by atoms with Crippen molar-refractivity contribution < 1.29 is 14.7 Å². The summed E-state index contributed by atoms with van der Waals surface area (Å²) >= 11 is 5.68. The van der Waals surface area contributed by atoms with Crippen molar-refractivity contribution in [1.29, 1.82) is 0 Å². The molecular weight excluding hydrogens is 244 g/mol. The Bertz CT molecular complexity index is 423. The van der Waals surface area contributed by atoms with Gasteiger partial charge in [-0.1, -0.05) is 17.7 Å². The summed E-state index contributed by atoms with van der Waals surface area (Å²) in [6.07, 6.45) is 0.457. The van der Waals surface area contributed by atoms with E-state index in [1.54, 1.807) is 25.2 Å². The second kappa shape index (κ2) is 6.20. The smallest absolute Gasteiger partial charge is 0.303 e. The van der Waals surface area contributed by atoms with Gasteiger partial charge in [0.1, 0.15) is 10.8 Å². The summed E-state index contributed by atoms with van der Waals surface area (Å²) in [6, 6.07) is 4.80. The van der Waals surface area contributed by atoms with Gasteiger partial charge in [-0.15, -0.1) is 0 Å². The van der Waals surface area contributed by atoms with Crippen LogP contribution in [0.5, 0.6) is 0 Å². The summed E-state index contributed by atoms with van der Waals surface area (Å²) in [4.78, 5) is 27.5. The molecule has 0 unspecified atom stereocenters. The fraction of sp³-hybridized carbons (Fsp3) is 0.364. The molecule has 0 aromatic carbocycles. The molecule has 0 saturated carbocycles. The Hall–Kier alpha value is -1.62. The van der Waals surface area contributed by atoms with Crippen molar-refractivity contribution in [3.63, 3.8) is 0 Å². The van der Waals surface area contributed by atoms with Gasteiger partial charge < -0.3 is 10.0 Å². The first-order valence-corrected chi connectivity index (χ1v) is 5.48. The normalized spacial score (nSPS) is 10.0. The lowest BCUT2D eigenvalue weighted by Crippen LogP contribution is -2.28. The highest BCUT2D eigenvalue weighted by Gasteiger charge is 2.13. The van der Waals surface area contributed by atoms with Crippen molar-refractivity contribution in [2.24, 2.45) is 0 Å². The fourth-order valence-electron chi connectivity index (χ4n) is 1.29. The lowest BCUT2D eigenvalue weighted by molar-refractivity contribution is -0.137. The first-order chi connectivity index (χ1) is 8.00. The standard InChI is InChI=1S/C11H13ClN2O3/c1-14(7-3-6-10(15)16)11(17)8-4-2-5-9(12)13-8/h2,4-5H,3,6-7H2,1H3,(H,15,16). The highest BCUT2D eigenvalue weighted by Crippen LogP contribution is 2.07. The van der Waals surface area contributed by atoms with E-state index >= 15 is 0 Å². The van der Waals surface area contributed by atoms with Crippen LogP contribution in [0, 0.1) is 0 Å². The number of hydrogen-bond donors (Lipinski definition) is 1. The predicted octanol–water partition coefficient (Wildman–Crippen LogP) is 1.67. The molecule has 0 bridgehead atoms. The number of nitrogens with zero attached hydrogens (tertiary/aromatic N) is 2. The molecule has 1 heterocycles. The minimum absolute atomic E-state index is 0.0423. The Morgan fingerprint density at radius 2 is 2.18 bits per heavy atom. The van der Waals surface area contributed by atoms with Gasteiger partial charge in [0.05, 0.1) is 0 Å². The largest absolute Gasteiger partial charge is 0.481 e. The van der Waals surface area contributed by atoms with Crippen LogP contribution in [0.2, 0.25) is 5.15 Å². The molecule has 5 nitrogen and oxygen atoms in total. The van der Waals surface area contributed by atoms with Crippen molar-refractivity contribution >= 4 is 23.5 Å². The van der Waals surface area contributed by atoms with E-state index < -0.39 is 5.97 Å². The summed E-state index contributed by atoms with van der Waals surface area (Å²) in [5, 5.41) is 8.74. The van der Waals surface area contributed by atoms with Gasteiger partial charge in [0.2, 0.25) is 0 Å². The molecule has 0 radical (unpaired) electrons. The van der Waals surface area contributed by atoms with E-state index in [9.17, 15) is 9.59 Å². The van der Waals surface area contributed by atoms with Crippen LogP contribution < -0.4 is 0 Å². The van der Waals surface area contributed by atoms with E-state index in [1.165, 1.54) is 4.90 Å². The van der Waals surface area contributed by atoms with Crippen molar-refractivity contribution in [2.75, 3.05) is 13.6 Å². The lowest BCUT2D eigenvalue weighted by Gasteiger charge is -2.15. The van der Waals surface area contributed by atoms with Crippen LogP contribution in [0.1, 0.15) is 23.3 Å². The van der Waals surface area contributed by atoms with E-state index in [1.807, 2.05) is 0 Å². The SMILES string of the molecule is CN(CCCC(=O)O)C(=O)c1cccc(Cl)n1. The third-order valence-corrected chi connectivity index (χ3v) is 2.38. The number of amides is 1. The quantitative estimate of drug-likeness (QED) is 0.814. The molecule has 0 spiro atoms. The van der Waals surface area contributed by atoms with Crippen LogP contribution in [-0.2, 0) is 4.79 Å². The first kappa shape index (κ1) is 13.4. The number of carbonyl (C=O) groups is 2. The first-order valence-electron chi connectivity index (χ1n) is 5.10. The van der Waals surface area contributed by atoms with Crippen molar-refractivity contribution in [3.05, 3.63) is 29.0 Å². The van der Waals surface area contributed by atoms with Gasteiger partial charge in [-0.25, -0.2) is 4.98 Å². The Morgan fingerprint density at radius 3 is 2.76 bits per heavy atom. The molecule has 1 aromatic heterocycles. The highest BCUT2D eigenvalue weighted by molar-refractivity contribution is 6.29. The van der Waals surface area contributed by atoms with Gasteiger partial charge in [0.25, 0.3) is 5.91 Å². The zero-order valence-electron chi connectivity index (χ0n) is 9.39. The van der Waals surface area contributed by atoms with Gasteiger partial charge in [0, 0.05) is 20.0 Å². The highest BCUT2D eigenvalue weighted by atomic mass is 35.5. The van der Waals surface area contributed by atoms with Gasteiger partial charge in [-0.2, -0.15) is 0 Å². The zero-order valence-corrected chi connectivity index (χ0v) is 10.1. The Labute approximate surface area is 104 Å². The number of aromatic nitrogens is 1. The van der Waals surface area contributed by atoms with Gasteiger partial charge in [0.15, 0.2) is 0 Å². The van der Waals surface area contributed by atoms with E-state index in [4.69, 9.17) is 16.7 Å². The topological polar surface area (TPSA) is 70.5 Å². The summed E-state index contributed by atoms with van der Waals surface area (Å²) in [5.41, 5.74) is 0.260. The van der Waals surface area contributed by atoms with Gasteiger partial charge in [-0.05, 0) is 18.6 Å². The van der Waals surface area contributed by atoms with Crippen LogP contribution >= 0.6 is 11.6 Å². The molecule has 0 atom stereocenters. The van der Waals surface area contributed by atoms with Crippen molar-refractivity contribution in [2.45, 2.75) is 12.8 Å². The maximum Gasteiger partial charge on any atom is 0.303 e. The second-order valence-electron chi connectivity index (χ2n) is 3.57. The van der Waals surface area contributed by atoms with Crippen LogP contribution in [0.3, 0.4) is 0 Å². The lowest BCUT2D eigenvalue weighted by atomic mass is 10.2. The van der Waals surface area contributed by atoms with E-state index in [2.05, 4.69) is 4.98 Å². The van der Waals surface area contributed by atoms with E-state index in [0.717, 1.165) is 0 Å². The molecule has 0 aliphatic rings. The number of halogens is 1. The molecule has 6 heteroatoms. The number of aliphatic carboxylic acids is 1. The molecule has 1 rings (SSSR count). The molecular formula is C11H13ClN2O3. The van der Waals surface area contributed by atoms with Crippen molar-refractivity contribution in [3.8, 4) is 0 Å². The molecule has 17 heavy (non-hydrogen) atoms. The average Bonchev–Trinajstić information content (AvgIpc) is 2.27. The van der Waals surface area contributed by atoms with Gasteiger partial charge >= 0.3 is 5.97 Å². The zero-order chi connectivity index (χ0) is 12.8. The van der Waals surface area contributed by atoms with Crippen LogP contribution in [-0.4, -0.2) is 40.5 Å². The van der Waals surface area contributed by atoms with Crippen molar-refractivity contribution in [1.82, 2.24) is 9.88 Å². The third-order valence-electron chi connectivity index (χ3n) is 2.17. The number of carboxylic acids is 1. The summed E-state index contributed by atoms with van der Waals surface area (Å²) < 4.78 is 0. The third kappa shape index (κ3) is 4.40. The number of hydrogen-bond acceptors (Lipinski definition) is 3. The minimum atomic E-state index is -0.869. The van der Waals surface area contributed by atoms with Crippen LogP contribution in [0.25, 0.3) is 0 Å². The Morgan fingerprint density at radius 1 is 1.47 bits per heavy atom. The number of carboxylic acid groups (broad SMARTS) is 1. The molecule has 0 aliphatic carbocycles. The van der Waals surface area contributed by atoms with Crippen LogP contribution in [0.4, 0.5) is 0 Å². The minimum Gasteiger partial charge on any atom is -0.481 e. The fourth-order valence-corrected chi connectivity index (χ4v) is 1.46. The molecule has 1 amide bonds. The number of pyridine rings is 1. The predicted molar refractivity (Wildman–Crippen MR) is 63.1 cm³/mol. The monoisotopic (exact) mass is 256 g/mol. The van der Waals surface area contributed by atoms with Gasteiger partial charge in [-0.3, -0.25) is 9.59 Å². The van der Waals surface area contributed by atoms with E-state index in [-0.39, 0.29) is 23.2 Å². The number of carbonyl (C=O) groups excluding carboxylic acids is 1. The van der Waals surface area contributed by atoms with Crippen LogP contribution in [0.15, 0.2) is 18.2 Å². The maximum atomic E-state index is 11.8. The Kier molecular flexibility index (Phi) is 4.90. The molecule has 1 aromatic rings. The Balaban J connectivity index is 2.54. The molecule has 0 aliphatic heterocycles. The van der Waals surface area contributed by atoms with E-state index in [0.29, 0.717) is 13.0 Å². The second-order valence-corrected chi connectivity index (χ2v) is 3.96. The summed E-state index contributed by atoms with van der Waals surface area (Å²) in [7, 11) is 1.60. The number of rotatable bonds is 5. The average molecular weight is 257 g/mol. The summed E-state index contributed by atoms with van der Waals surface area (Å²) in [5.74, 6) is -1.13. The molecule has 0 fully saturated rings.